The van der Waals surface area contributed by atoms with Gasteiger partial charge in [-0.3, -0.25) is 9.48 Å². The van der Waals surface area contributed by atoms with Crippen LogP contribution in [0.1, 0.15) is 40.1 Å². The van der Waals surface area contributed by atoms with Gasteiger partial charge in [0.25, 0.3) is 0 Å². The van der Waals surface area contributed by atoms with Crippen molar-refractivity contribution in [3.8, 4) is 11.3 Å². The Morgan fingerprint density at radius 2 is 2.00 bits per heavy atom. The minimum absolute atomic E-state index is 0.00311. The van der Waals surface area contributed by atoms with Crippen molar-refractivity contribution in [3.63, 3.8) is 0 Å². The highest BCUT2D eigenvalue weighted by molar-refractivity contribution is 6.29. The number of anilines is 1. The van der Waals surface area contributed by atoms with Gasteiger partial charge in [0.15, 0.2) is 11.1 Å². The molecule has 0 amide bonds. The summed E-state index contributed by atoms with van der Waals surface area (Å²) >= 11 is 5.79. The van der Waals surface area contributed by atoms with Crippen LogP contribution in [0.5, 0.6) is 0 Å². The van der Waals surface area contributed by atoms with Crippen LogP contribution >= 0.6 is 11.6 Å². The Kier molecular flexibility index (Phi) is 6.05. The Bertz CT molecular complexity index is 1530. The Balaban J connectivity index is 1.95. The molecule has 0 saturated carbocycles. The molecule has 0 bridgehead atoms. The van der Waals surface area contributed by atoms with Crippen molar-refractivity contribution in [2.45, 2.75) is 26.1 Å². The van der Waals surface area contributed by atoms with Crippen molar-refractivity contribution in [2.24, 2.45) is 7.05 Å². The monoisotopic (exact) mass is 506 g/mol. The number of aromatic carboxylic acids is 1. The Labute approximate surface area is 201 Å². The molecule has 1 aromatic carbocycles. The summed E-state index contributed by atoms with van der Waals surface area (Å²) in [6, 6.07) is 3.40. The van der Waals surface area contributed by atoms with Crippen LogP contribution in [0.15, 0.2) is 45.9 Å². The third-order valence-electron chi connectivity index (χ3n) is 5.44. The SMILES string of the molecule is Cc1c(-c2cnn(C)c2)oc2c([C@@H](C)Nc3ccc(Cl)nc3C(=O)O)cc(C(F)(F)F)cc2c1=O. The summed E-state index contributed by atoms with van der Waals surface area (Å²) in [6.07, 6.45) is -1.65. The third kappa shape index (κ3) is 4.59. The standard InChI is InChI=1S/C23H18ClF3N4O4/c1-10-19(32)15-7-13(23(25,26)27)6-14(21(15)35-20(10)12-8-28-31(3)9-12)11(2)29-16-4-5-17(24)30-18(16)22(33)34/h4-9,11,29H,1-3H3,(H,33,34)/t11-/m1/s1. The normalized spacial score (nSPS) is 12.7. The number of halogens is 4. The molecule has 1 atom stereocenters. The molecule has 0 aliphatic heterocycles. The lowest BCUT2D eigenvalue weighted by Crippen LogP contribution is -2.16. The van der Waals surface area contributed by atoms with Gasteiger partial charge in [-0.2, -0.15) is 18.3 Å². The van der Waals surface area contributed by atoms with E-state index in [1.807, 2.05) is 0 Å². The first-order chi connectivity index (χ1) is 16.4. The number of fused-ring (bicyclic) bond motifs is 1. The summed E-state index contributed by atoms with van der Waals surface area (Å²) < 4.78 is 48.7. The lowest BCUT2D eigenvalue weighted by atomic mass is 9.98. The molecule has 0 radical (unpaired) electrons. The Morgan fingerprint density at radius 1 is 1.29 bits per heavy atom. The summed E-state index contributed by atoms with van der Waals surface area (Å²) in [6.45, 7) is 2.98. The molecule has 4 aromatic rings. The molecule has 0 unspecified atom stereocenters. The van der Waals surface area contributed by atoms with Gasteiger partial charge in [0, 0.05) is 24.4 Å². The smallest absolute Gasteiger partial charge is 0.416 e. The third-order valence-corrected chi connectivity index (χ3v) is 5.65. The van der Waals surface area contributed by atoms with Crippen LogP contribution in [0.4, 0.5) is 18.9 Å². The Morgan fingerprint density at radius 3 is 2.60 bits per heavy atom. The van der Waals surface area contributed by atoms with Gasteiger partial charge in [-0.15, -0.1) is 0 Å². The van der Waals surface area contributed by atoms with Gasteiger partial charge in [0.1, 0.15) is 16.5 Å². The first-order valence-corrected chi connectivity index (χ1v) is 10.6. The summed E-state index contributed by atoms with van der Waals surface area (Å²) in [7, 11) is 1.67. The highest BCUT2D eigenvalue weighted by atomic mass is 35.5. The van der Waals surface area contributed by atoms with E-state index >= 15 is 0 Å². The predicted molar refractivity (Wildman–Crippen MR) is 123 cm³/mol. The summed E-state index contributed by atoms with van der Waals surface area (Å²) in [4.78, 5) is 28.5. The van der Waals surface area contributed by atoms with Crippen LogP contribution < -0.4 is 10.7 Å². The maximum absolute atomic E-state index is 13.7. The fraction of sp³-hybridized carbons (Fsp3) is 0.217. The molecule has 4 rings (SSSR count). The van der Waals surface area contributed by atoms with Crippen LogP contribution in [0, 0.1) is 6.92 Å². The van der Waals surface area contributed by atoms with Crippen molar-refractivity contribution >= 4 is 34.2 Å². The van der Waals surface area contributed by atoms with E-state index in [0.717, 1.165) is 12.1 Å². The molecule has 8 nitrogen and oxygen atoms in total. The number of nitrogens with zero attached hydrogens (tertiary/aromatic N) is 3. The minimum atomic E-state index is -4.74. The molecule has 12 heteroatoms. The molecule has 182 valence electrons. The van der Waals surface area contributed by atoms with Gasteiger partial charge in [-0.05, 0) is 38.1 Å². The largest absolute Gasteiger partial charge is 0.476 e. The molecule has 3 heterocycles. The van der Waals surface area contributed by atoms with Gasteiger partial charge < -0.3 is 14.8 Å². The van der Waals surface area contributed by atoms with E-state index in [4.69, 9.17) is 16.0 Å². The number of carboxylic acids is 1. The lowest BCUT2D eigenvalue weighted by Gasteiger charge is -2.20. The average molecular weight is 507 g/mol. The second-order valence-corrected chi connectivity index (χ2v) is 8.32. The van der Waals surface area contributed by atoms with Gasteiger partial charge in [0.2, 0.25) is 0 Å². The molecule has 35 heavy (non-hydrogen) atoms. The number of nitrogens with one attached hydrogen (secondary N) is 1. The number of benzene rings is 1. The van der Waals surface area contributed by atoms with Crippen LogP contribution in [0.3, 0.4) is 0 Å². The van der Waals surface area contributed by atoms with E-state index in [1.54, 1.807) is 13.2 Å². The van der Waals surface area contributed by atoms with E-state index in [9.17, 15) is 27.9 Å². The molecule has 0 aliphatic rings. The predicted octanol–water partition coefficient (Wildman–Crippen LogP) is 5.44. The number of aryl methyl sites for hydroxylation is 1. The van der Waals surface area contributed by atoms with Gasteiger partial charge in [-0.25, -0.2) is 9.78 Å². The van der Waals surface area contributed by atoms with E-state index < -0.39 is 34.9 Å². The van der Waals surface area contributed by atoms with E-state index in [0.29, 0.717) is 5.56 Å². The van der Waals surface area contributed by atoms with Crippen LogP contribution in [0.25, 0.3) is 22.3 Å². The number of alkyl halides is 3. The molecule has 2 N–H and O–H groups in total. The van der Waals surface area contributed by atoms with Gasteiger partial charge in [-0.1, -0.05) is 11.6 Å². The first kappa shape index (κ1) is 24.3. The highest BCUT2D eigenvalue weighted by Crippen LogP contribution is 2.37. The van der Waals surface area contributed by atoms with Crippen LogP contribution in [0.2, 0.25) is 5.15 Å². The average Bonchev–Trinajstić information content (AvgIpc) is 3.21. The van der Waals surface area contributed by atoms with Gasteiger partial charge >= 0.3 is 12.1 Å². The quantitative estimate of drug-likeness (QED) is 0.347. The zero-order chi connectivity index (χ0) is 25.7. The molecule has 3 aromatic heterocycles. The summed E-state index contributed by atoms with van der Waals surface area (Å²) in [5.74, 6) is -1.21. The zero-order valence-electron chi connectivity index (χ0n) is 18.6. The van der Waals surface area contributed by atoms with Crippen LogP contribution in [-0.4, -0.2) is 25.8 Å². The number of carbonyl (C=O) groups is 1. The zero-order valence-corrected chi connectivity index (χ0v) is 19.3. The maximum Gasteiger partial charge on any atom is 0.416 e. The molecule has 0 spiro atoms. The molecule has 0 aliphatic carbocycles. The summed E-state index contributed by atoms with van der Waals surface area (Å²) in [5.41, 5.74) is -1.49. The van der Waals surface area contributed by atoms with Crippen molar-refractivity contribution in [3.05, 3.63) is 74.4 Å². The van der Waals surface area contributed by atoms with E-state index in [-0.39, 0.29) is 38.7 Å². The highest BCUT2D eigenvalue weighted by Gasteiger charge is 2.33. The van der Waals surface area contributed by atoms with Crippen molar-refractivity contribution < 1.29 is 27.5 Å². The minimum Gasteiger partial charge on any atom is -0.476 e. The molecule has 0 fully saturated rings. The fourth-order valence-electron chi connectivity index (χ4n) is 3.74. The lowest BCUT2D eigenvalue weighted by molar-refractivity contribution is -0.137. The fourth-order valence-corrected chi connectivity index (χ4v) is 3.89. The van der Waals surface area contributed by atoms with Crippen molar-refractivity contribution in [2.75, 3.05) is 5.32 Å². The maximum atomic E-state index is 13.7. The topological polar surface area (TPSA) is 110 Å². The van der Waals surface area contributed by atoms with Gasteiger partial charge in [0.05, 0.1) is 34.4 Å². The molecule has 0 saturated heterocycles. The number of pyridine rings is 1. The van der Waals surface area contributed by atoms with Crippen molar-refractivity contribution in [1.29, 1.82) is 0 Å². The number of hydrogen-bond donors (Lipinski definition) is 2. The first-order valence-electron chi connectivity index (χ1n) is 10.2. The number of rotatable bonds is 5. The number of hydrogen-bond acceptors (Lipinski definition) is 6. The molecular formula is C23H18ClF3N4O4. The second-order valence-electron chi connectivity index (χ2n) is 7.93. The number of carboxylic acid groups (broad SMARTS) is 1. The summed E-state index contributed by atoms with van der Waals surface area (Å²) in [5, 5.41) is 16.1. The molecular weight excluding hydrogens is 489 g/mol. The van der Waals surface area contributed by atoms with E-state index in [2.05, 4.69) is 15.4 Å². The van der Waals surface area contributed by atoms with E-state index in [1.165, 1.54) is 36.9 Å². The second kappa shape index (κ2) is 8.73. The van der Waals surface area contributed by atoms with Crippen LogP contribution in [-0.2, 0) is 13.2 Å². The number of aromatic nitrogens is 3. The van der Waals surface area contributed by atoms with Crippen molar-refractivity contribution in [1.82, 2.24) is 14.8 Å². The Hall–Kier alpha value is -3.86.